The highest BCUT2D eigenvalue weighted by Gasteiger charge is 2.31. The van der Waals surface area contributed by atoms with Crippen molar-refractivity contribution in [3.8, 4) is 0 Å². The lowest BCUT2D eigenvalue weighted by Crippen LogP contribution is -2.51. The van der Waals surface area contributed by atoms with Gasteiger partial charge in [-0.25, -0.2) is 17.2 Å². The Kier molecular flexibility index (Phi) is 7.18. The van der Waals surface area contributed by atoms with Crippen LogP contribution in [-0.2, 0) is 14.8 Å². The van der Waals surface area contributed by atoms with E-state index in [1.54, 1.807) is 12.1 Å². The molecule has 1 aromatic heterocycles. The van der Waals surface area contributed by atoms with Crippen LogP contribution in [0.1, 0.15) is 16.5 Å². The van der Waals surface area contributed by atoms with Crippen molar-refractivity contribution in [1.29, 1.82) is 0 Å². The molecule has 0 radical (unpaired) electrons. The van der Waals surface area contributed by atoms with E-state index >= 15 is 0 Å². The fourth-order valence-corrected chi connectivity index (χ4v) is 6.05. The van der Waals surface area contributed by atoms with E-state index in [1.807, 2.05) is 22.4 Å². The molecule has 3 aromatic rings. The van der Waals surface area contributed by atoms with Gasteiger partial charge in [0.2, 0.25) is 15.9 Å². The third-order valence-electron chi connectivity index (χ3n) is 5.49. The third-order valence-corrected chi connectivity index (χ3v) is 8.36. The molecule has 2 heterocycles. The molecule has 1 aliphatic heterocycles. The summed E-state index contributed by atoms with van der Waals surface area (Å²) in [5.41, 5.74) is 0.771. The molecule has 1 unspecified atom stereocenters. The van der Waals surface area contributed by atoms with Gasteiger partial charge >= 0.3 is 0 Å². The molecule has 1 saturated heterocycles. The van der Waals surface area contributed by atoms with Gasteiger partial charge in [-0.05, 0) is 41.3 Å². The molecular formula is C23H23F2N3O3S2. The van der Waals surface area contributed by atoms with Gasteiger partial charge < -0.3 is 5.32 Å². The molecular weight excluding hydrogens is 468 g/mol. The lowest BCUT2D eigenvalue weighted by atomic mass is 10.1. The Hall–Kier alpha value is -2.66. The lowest BCUT2D eigenvalue weighted by Gasteiger charge is -2.33. The molecule has 0 saturated carbocycles. The number of hydrogen-bond donors (Lipinski definition) is 1. The first kappa shape index (κ1) is 23.5. The Morgan fingerprint density at radius 2 is 1.67 bits per heavy atom. The summed E-state index contributed by atoms with van der Waals surface area (Å²) in [6.07, 6.45) is 0. The van der Waals surface area contributed by atoms with Gasteiger partial charge in [-0.1, -0.05) is 30.3 Å². The summed E-state index contributed by atoms with van der Waals surface area (Å²) in [6.45, 7) is 1.12. The van der Waals surface area contributed by atoms with Gasteiger partial charge in [0.1, 0.15) is 16.5 Å². The van der Waals surface area contributed by atoms with Gasteiger partial charge in [-0.3, -0.25) is 9.69 Å². The van der Waals surface area contributed by atoms with E-state index in [4.69, 9.17) is 0 Å². The molecule has 1 atom stereocenters. The van der Waals surface area contributed by atoms with Crippen molar-refractivity contribution in [3.63, 3.8) is 0 Å². The lowest BCUT2D eigenvalue weighted by molar-refractivity contribution is -0.123. The predicted octanol–water partition coefficient (Wildman–Crippen LogP) is 3.24. The molecule has 33 heavy (non-hydrogen) atoms. The molecule has 0 bridgehead atoms. The zero-order valence-electron chi connectivity index (χ0n) is 17.7. The number of nitrogens with one attached hydrogen (secondary N) is 1. The number of piperazine rings is 1. The average molecular weight is 492 g/mol. The van der Waals surface area contributed by atoms with Crippen molar-refractivity contribution in [2.24, 2.45) is 0 Å². The van der Waals surface area contributed by atoms with Crippen LogP contribution in [0, 0.1) is 11.6 Å². The van der Waals surface area contributed by atoms with Gasteiger partial charge in [0.25, 0.3) is 0 Å². The number of halogens is 2. The van der Waals surface area contributed by atoms with Crippen LogP contribution in [0.4, 0.5) is 8.78 Å². The van der Waals surface area contributed by atoms with Gasteiger partial charge in [0, 0.05) is 31.1 Å². The summed E-state index contributed by atoms with van der Waals surface area (Å²) in [5, 5.41) is 4.91. The van der Waals surface area contributed by atoms with Crippen LogP contribution in [0.15, 0.2) is 70.9 Å². The van der Waals surface area contributed by atoms with Crippen LogP contribution in [0.2, 0.25) is 0 Å². The first-order valence-corrected chi connectivity index (χ1v) is 12.7. The second kappa shape index (κ2) is 10.1. The highest BCUT2D eigenvalue weighted by molar-refractivity contribution is 7.89. The number of hydrogen-bond acceptors (Lipinski definition) is 5. The van der Waals surface area contributed by atoms with Crippen LogP contribution in [-0.4, -0.2) is 56.3 Å². The number of sulfonamides is 1. The molecule has 1 fully saturated rings. The van der Waals surface area contributed by atoms with Gasteiger partial charge in [0.05, 0.1) is 12.6 Å². The fourth-order valence-electron chi connectivity index (χ4n) is 3.76. The third kappa shape index (κ3) is 5.47. The monoisotopic (exact) mass is 491 g/mol. The van der Waals surface area contributed by atoms with E-state index < -0.39 is 21.9 Å². The standard InChI is InChI=1S/C23H23F2N3O3S2/c24-18-9-7-17(8-10-18)23(20-5-3-15-32-20)26-22(29)16-27-11-13-28(14-12-27)33(30,31)21-6-2-1-4-19(21)25/h1-10,15,23H,11-14,16H2,(H,26,29). The maximum absolute atomic E-state index is 14.0. The Bertz CT molecular complexity index is 1190. The van der Waals surface area contributed by atoms with Gasteiger partial charge in [-0.15, -0.1) is 11.3 Å². The second-order valence-corrected chi connectivity index (χ2v) is 10.6. The van der Waals surface area contributed by atoms with E-state index in [0.29, 0.717) is 13.1 Å². The largest absolute Gasteiger partial charge is 0.343 e. The molecule has 4 rings (SSSR count). The summed E-state index contributed by atoms with van der Waals surface area (Å²) in [6, 6.07) is 14.7. The SMILES string of the molecule is O=C(CN1CCN(S(=O)(=O)c2ccccc2F)CC1)NC(c1ccc(F)cc1)c1cccs1. The van der Waals surface area contributed by atoms with Crippen LogP contribution < -0.4 is 5.32 Å². The Labute approximate surface area is 195 Å². The molecule has 1 N–H and O–H groups in total. The molecule has 10 heteroatoms. The number of benzene rings is 2. The normalized spacial score (nSPS) is 16.4. The maximum Gasteiger partial charge on any atom is 0.246 e. The van der Waals surface area contributed by atoms with Crippen LogP contribution in [0.25, 0.3) is 0 Å². The topological polar surface area (TPSA) is 69.7 Å². The second-order valence-electron chi connectivity index (χ2n) is 7.68. The number of carbonyl (C=O) groups is 1. The first-order chi connectivity index (χ1) is 15.8. The molecule has 6 nitrogen and oxygen atoms in total. The summed E-state index contributed by atoms with van der Waals surface area (Å²) in [7, 11) is -3.93. The molecule has 0 aliphatic carbocycles. The quantitative estimate of drug-likeness (QED) is 0.551. The zero-order chi connectivity index (χ0) is 23.4. The average Bonchev–Trinajstić information content (AvgIpc) is 3.33. The molecule has 1 amide bonds. The summed E-state index contributed by atoms with van der Waals surface area (Å²) < 4.78 is 54.1. The number of thiophene rings is 1. The first-order valence-electron chi connectivity index (χ1n) is 10.4. The summed E-state index contributed by atoms with van der Waals surface area (Å²) in [5.74, 6) is -1.35. The minimum absolute atomic E-state index is 0.0939. The highest BCUT2D eigenvalue weighted by Crippen LogP contribution is 2.26. The van der Waals surface area contributed by atoms with Crippen molar-refractivity contribution >= 4 is 27.3 Å². The smallest absolute Gasteiger partial charge is 0.246 e. The minimum atomic E-state index is -3.93. The van der Waals surface area contributed by atoms with Crippen molar-refractivity contribution in [1.82, 2.24) is 14.5 Å². The molecule has 2 aromatic carbocycles. The van der Waals surface area contributed by atoms with Crippen LogP contribution in [0.3, 0.4) is 0 Å². The van der Waals surface area contributed by atoms with Crippen LogP contribution >= 0.6 is 11.3 Å². The van der Waals surface area contributed by atoms with Gasteiger partial charge in [0.15, 0.2) is 0 Å². The highest BCUT2D eigenvalue weighted by atomic mass is 32.2. The van der Waals surface area contributed by atoms with E-state index in [1.165, 1.54) is 46.0 Å². The van der Waals surface area contributed by atoms with Crippen molar-refractivity contribution in [2.75, 3.05) is 32.7 Å². The minimum Gasteiger partial charge on any atom is -0.343 e. The van der Waals surface area contributed by atoms with E-state index in [2.05, 4.69) is 5.32 Å². The number of nitrogens with zero attached hydrogens (tertiary/aromatic N) is 2. The summed E-state index contributed by atoms with van der Waals surface area (Å²) >= 11 is 1.49. The molecule has 1 aliphatic rings. The predicted molar refractivity (Wildman–Crippen MR) is 122 cm³/mol. The number of amides is 1. The van der Waals surface area contributed by atoms with E-state index in [-0.39, 0.29) is 36.3 Å². The van der Waals surface area contributed by atoms with Gasteiger partial charge in [-0.2, -0.15) is 4.31 Å². The number of carbonyl (C=O) groups excluding carboxylic acids is 1. The zero-order valence-corrected chi connectivity index (χ0v) is 19.3. The van der Waals surface area contributed by atoms with Crippen molar-refractivity contribution in [3.05, 3.63) is 88.1 Å². The Balaban J connectivity index is 1.37. The van der Waals surface area contributed by atoms with E-state index in [9.17, 15) is 22.0 Å². The summed E-state index contributed by atoms with van der Waals surface area (Å²) in [4.78, 5) is 15.2. The number of rotatable bonds is 7. The van der Waals surface area contributed by atoms with Crippen LogP contribution in [0.5, 0.6) is 0 Å². The fraction of sp³-hybridized carbons (Fsp3) is 0.261. The van der Waals surface area contributed by atoms with Crippen molar-refractivity contribution < 1.29 is 22.0 Å². The molecule has 0 spiro atoms. The van der Waals surface area contributed by atoms with Crippen molar-refractivity contribution in [2.45, 2.75) is 10.9 Å². The Morgan fingerprint density at radius 1 is 0.970 bits per heavy atom. The maximum atomic E-state index is 14.0. The molecule has 174 valence electrons. The van der Waals surface area contributed by atoms with E-state index in [0.717, 1.165) is 16.5 Å². The Morgan fingerprint density at radius 3 is 2.30 bits per heavy atom.